The summed E-state index contributed by atoms with van der Waals surface area (Å²) >= 11 is 2.01. The molecule has 6 aliphatic rings. The van der Waals surface area contributed by atoms with Gasteiger partial charge in [0.25, 0.3) is 0 Å². The van der Waals surface area contributed by atoms with Gasteiger partial charge in [-0.15, -0.1) is 11.3 Å². The van der Waals surface area contributed by atoms with E-state index in [-0.39, 0.29) is 0 Å². The predicted molar refractivity (Wildman–Crippen MR) is 200 cm³/mol. The molecule has 0 bridgehead atoms. The number of hydrogen-bond acceptors (Lipinski definition) is 1. The highest BCUT2D eigenvalue weighted by atomic mass is 32.1. The maximum Gasteiger partial charge on any atom is 0.0434 e. The molecule has 0 amide bonds. The molecule has 0 saturated heterocycles. The van der Waals surface area contributed by atoms with Crippen molar-refractivity contribution in [2.24, 2.45) is 59.2 Å². The summed E-state index contributed by atoms with van der Waals surface area (Å²) in [7, 11) is 0. The fourth-order valence-corrected chi connectivity index (χ4v) is 15.6. The van der Waals surface area contributed by atoms with E-state index in [1.54, 1.807) is 50.5 Å². The van der Waals surface area contributed by atoms with Crippen LogP contribution in [0.1, 0.15) is 95.0 Å². The average molecular weight is 635 g/mol. The maximum atomic E-state index is 2.63. The van der Waals surface area contributed by atoms with Crippen molar-refractivity contribution in [1.29, 1.82) is 0 Å². The van der Waals surface area contributed by atoms with E-state index in [4.69, 9.17) is 0 Å². The van der Waals surface area contributed by atoms with Gasteiger partial charge in [-0.05, 0) is 150 Å². The van der Waals surface area contributed by atoms with Crippen LogP contribution in [0.5, 0.6) is 0 Å². The molecular weight excluding hydrogens is 585 g/mol. The summed E-state index contributed by atoms with van der Waals surface area (Å²) < 4.78 is 2.89. The van der Waals surface area contributed by atoms with Crippen molar-refractivity contribution in [2.75, 3.05) is 0 Å². The molecule has 1 aromatic heterocycles. The van der Waals surface area contributed by atoms with Crippen molar-refractivity contribution in [2.45, 2.75) is 89.4 Å². The first kappa shape index (κ1) is 28.2. The molecule has 0 spiro atoms. The Labute approximate surface area is 285 Å². The largest absolute Gasteiger partial charge is 0.134 e. The molecule has 5 aromatic rings. The fourth-order valence-electron chi connectivity index (χ4n) is 14.2. The molecule has 11 unspecified atom stereocenters. The molecular formula is C46H50S. The highest BCUT2D eigenvalue weighted by Crippen LogP contribution is 2.69. The Hall–Kier alpha value is -2.64. The summed E-state index contributed by atoms with van der Waals surface area (Å²) in [5, 5.41) is 5.57. The second-order valence-electron chi connectivity index (χ2n) is 17.2. The predicted octanol–water partition coefficient (Wildman–Crippen LogP) is 13.3. The van der Waals surface area contributed by atoms with Crippen LogP contribution >= 0.6 is 11.3 Å². The summed E-state index contributed by atoms with van der Waals surface area (Å²) in [4.78, 5) is 0. The maximum absolute atomic E-state index is 2.63. The Kier molecular flexibility index (Phi) is 6.57. The molecule has 4 aromatic carbocycles. The molecule has 11 rings (SSSR count). The van der Waals surface area contributed by atoms with Gasteiger partial charge >= 0.3 is 0 Å². The van der Waals surface area contributed by atoms with Crippen LogP contribution in [-0.2, 0) is 0 Å². The second kappa shape index (κ2) is 10.9. The third kappa shape index (κ3) is 4.17. The number of hydrogen-bond donors (Lipinski definition) is 0. The van der Waals surface area contributed by atoms with Crippen LogP contribution < -0.4 is 0 Å². The Balaban J connectivity index is 0.942. The first-order valence-corrected chi connectivity index (χ1v) is 20.6. The van der Waals surface area contributed by atoms with Crippen LogP contribution in [0.3, 0.4) is 0 Å². The van der Waals surface area contributed by atoms with Crippen LogP contribution in [-0.4, -0.2) is 0 Å². The van der Waals surface area contributed by atoms with E-state index >= 15 is 0 Å². The van der Waals surface area contributed by atoms with E-state index in [0.717, 1.165) is 65.1 Å². The van der Waals surface area contributed by atoms with Gasteiger partial charge in [-0.25, -0.2) is 0 Å². The van der Waals surface area contributed by atoms with Crippen molar-refractivity contribution in [1.82, 2.24) is 0 Å². The lowest BCUT2D eigenvalue weighted by Crippen LogP contribution is -2.61. The lowest BCUT2D eigenvalue weighted by molar-refractivity contribution is -0.188. The minimum Gasteiger partial charge on any atom is -0.134 e. The van der Waals surface area contributed by atoms with Crippen LogP contribution in [0, 0.1) is 59.2 Å². The SMILES string of the molecule is c1cc(-c2cccc3c2sc2c4ccccc4ccc32)cc(C2CCC3C(C2)C2CCCC4C5CCCCC5C5CCCC3C5C42)c1. The highest BCUT2D eigenvalue weighted by molar-refractivity contribution is 7.27. The molecule has 0 aliphatic heterocycles. The van der Waals surface area contributed by atoms with Crippen LogP contribution in [0.2, 0.25) is 0 Å². The summed E-state index contributed by atoms with van der Waals surface area (Å²) in [5.74, 6) is 11.5. The Morgan fingerprint density at radius 2 is 1.09 bits per heavy atom. The zero-order valence-corrected chi connectivity index (χ0v) is 28.8. The van der Waals surface area contributed by atoms with Crippen molar-refractivity contribution in [3.63, 3.8) is 0 Å². The summed E-state index contributed by atoms with van der Waals surface area (Å²) in [6, 6.07) is 30.5. The van der Waals surface area contributed by atoms with Gasteiger partial charge in [0.15, 0.2) is 0 Å². The first-order valence-electron chi connectivity index (χ1n) is 19.7. The third-order valence-corrected chi connectivity index (χ3v) is 16.9. The van der Waals surface area contributed by atoms with Crippen molar-refractivity contribution in [3.8, 4) is 11.1 Å². The fraction of sp³-hybridized carbons (Fsp3) is 0.522. The molecule has 6 aliphatic carbocycles. The molecule has 6 fully saturated rings. The summed E-state index contributed by atoms with van der Waals surface area (Å²) in [6.45, 7) is 0. The quantitative estimate of drug-likeness (QED) is 0.181. The van der Waals surface area contributed by atoms with Crippen LogP contribution in [0.4, 0.5) is 0 Å². The topological polar surface area (TPSA) is 0 Å². The lowest BCUT2D eigenvalue weighted by atomic mass is 9.37. The van der Waals surface area contributed by atoms with Gasteiger partial charge in [0.05, 0.1) is 0 Å². The normalized spacial score (nSPS) is 37.7. The molecule has 1 heteroatoms. The van der Waals surface area contributed by atoms with Gasteiger partial charge in [-0.3, -0.25) is 0 Å². The molecule has 0 nitrogen and oxygen atoms in total. The minimum atomic E-state index is 0.740. The average Bonchev–Trinajstić information content (AvgIpc) is 3.54. The molecule has 0 radical (unpaired) electrons. The van der Waals surface area contributed by atoms with Crippen LogP contribution in [0.25, 0.3) is 42.1 Å². The lowest BCUT2D eigenvalue weighted by Gasteiger charge is -2.67. The van der Waals surface area contributed by atoms with Crippen molar-refractivity contribution in [3.05, 3.63) is 84.4 Å². The Morgan fingerprint density at radius 1 is 0.447 bits per heavy atom. The monoisotopic (exact) mass is 634 g/mol. The third-order valence-electron chi connectivity index (χ3n) is 15.7. The molecule has 6 saturated carbocycles. The van der Waals surface area contributed by atoms with Gasteiger partial charge in [-0.1, -0.05) is 105 Å². The molecule has 240 valence electrons. The Morgan fingerprint density at radius 3 is 1.87 bits per heavy atom. The van der Waals surface area contributed by atoms with E-state index in [1.807, 2.05) is 11.3 Å². The smallest absolute Gasteiger partial charge is 0.0434 e. The first-order chi connectivity index (χ1) is 23.3. The number of rotatable bonds is 2. The van der Waals surface area contributed by atoms with Gasteiger partial charge < -0.3 is 0 Å². The van der Waals surface area contributed by atoms with E-state index < -0.39 is 0 Å². The molecule has 0 N–H and O–H groups in total. The number of fused-ring (bicyclic) bond motifs is 11. The number of benzene rings is 4. The van der Waals surface area contributed by atoms with Gasteiger partial charge in [0.1, 0.15) is 0 Å². The molecule has 11 atom stereocenters. The zero-order valence-electron chi connectivity index (χ0n) is 28.0. The minimum absolute atomic E-state index is 0.740. The highest BCUT2D eigenvalue weighted by Gasteiger charge is 2.62. The standard InChI is InChI=1S/C46H50S/c1-2-12-31-27(9-1)21-24-41-40-20-6-15-32(46(40)47-45(31)41)30-11-5-10-28(25-30)29-22-23-35-38-18-7-16-36-33-13-3-4-14-34(33)37-17-8-19-39(42(35)26-29)44(37)43(36)38/h1-2,5-6,9-12,15,20-21,24-25,29,33-39,42-44H,3-4,7-8,13-14,16-19,22-23,26H2. The van der Waals surface area contributed by atoms with Gasteiger partial charge in [0, 0.05) is 20.2 Å². The second-order valence-corrected chi connectivity index (χ2v) is 18.2. The van der Waals surface area contributed by atoms with E-state index in [2.05, 4.69) is 78.9 Å². The molecule has 1 heterocycles. The van der Waals surface area contributed by atoms with E-state index in [0.29, 0.717) is 0 Å². The van der Waals surface area contributed by atoms with Gasteiger partial charge in [0.2, 0.25) is 0 Å². The molecule has 47 heavy (non-hydrogen) atoms. The Bertz CT molecular complexity index is 1980. The van der Waals surface area contributed by atoms with E-state index in [9.17, 15) is 0 Å². The van der Waals surface area contributed by atoms with Crippen molar-refractivity contribution < 1.29 is 0 Å². The summed E-state index contributed by atoms with van der Waals surface area (Å²) in [6.07, 6.45) is 20.0. The van der Waals surface area contributed by atoms with Crippen LogP contribution in [0.15, 0.2) is 78.9 Å². The zero-order chi connectivity index (χ0) is 30.6. The summed E-state index contributed by atoms with van der Waals surface area (Å²) in [5.41, 5.74) is 4.49. The van der Waals surface area contributed by atoms with Crippen molar-refractivity contribution >= 4 is 42.3 Å². The van der Waals surface area contributed by atoms with E-state index in [1.165, 1.54) is 80.6 Å². The van der Waals surface area contributed by atoms with Gasteiger partial charge in [-0.2, -0.15) is 0 Å². The number of thiophene rings is 1.